The third-order valence-corrected chi connectivity index (χ3v) is 3.72. The molecule has 0 heterocycles. The zero-order valence-electron chi connectivity index (χ0n) is 9.74. The molecule has 0 saturated heterocycles. The summed E-state index contributed by atoms with van der Waals surface area (Å²) in [6.45, 7) is 3.14. The van der Waals surface area contributed by atoms with Crippen LogP contribution in [0.4, 0.5) is 8.78 Å². The van der Waals surface area contributed by atoms with Crippen LogP contribution in [0.15, 0.2) is 6.07 Å². The first kappa shape index (κ1) is 11.5. The highest BCUT2D eigenvalue weighted by Gasteiger charge is 2.34. The summed E-state index contributed by atoms with van der Waals surface area (Å²) in [6.07, 6.45) is 3.70. The van der Waals surface area contributed by atoms with E-state index in [0.717, 1.165) is 25.7 Å². The van der Waals surface area contributed by atoms with Gasteiger partial charge in [0.15, 0.2) is 0 Å². The molecule has 0 amide bonds. The van der Waals surface area contributed by atoms with E-state index < -0.39 is 17.2 Å². The summed E-state index contributed by atoms with van der Waals surface area (Å²) in [6, 6.07) is 1.42. The first-order valence-electron chi connectivity index (χ1n) is 5.70. The minimum absolute atomic E-state index is 0.0860. The van der Waals surface area contributed by atoms with Gasteiger partial charge in [0.1, 0.15) is 11.6 Å². The zero-order chi connectivity index (χ0) is 11.9. The molecule has 1 aromatic carbocycles. The summed E-state index contributed by atoms with van der Waals surface area (Å²) in [5.41, 5.74) is 6.94. The van der Waals surface area contributed by atoms with Crippen molar-refractivity contribution in [3.63, 3.8) is 0 Å². The van der Waals surface area contributed by atoms with Gasteiger partial charge < -0.3 is 5.73 Å². The molecule has 0 unspecified atom stereocenters. The van der Waals surface area contributed by atoms with Crippen LogP contribution in [0.5, 0.6) is 0 Å². The molecule has 16 heavy (non-hydrogen) atoms. The second-order valence-electron chi connectivity index (χ2n) is 4.83. The molecule has 1 fully saturated rings. The van der Waals surface area contributed by atoms with Crippen molar-refractivity contribution < 1.29 is 8.78 Å². The molecule has 1 nitrogen and oxygen atoms in total. The summed E-state index contributed by atoms with van der Waals surface area (Å²) in [5.74, 6) is -0.943. The van der Waals surface area contributed by atoms with E-state index in [1.807, 2.05) is 0 Å². The smallest absolute Gasteiger partial charge is 0.132 e. The average molecular weight is 225 g/mol. The molecule has 0 aromatic heterocycles. The lowest BCUT2D eigenvalue weighted by Gasteiger charge is -2.27. The zero-order valence-corrected chi connectivity index (χ0v) is 9.74. The van der Waals surface area contributed by atoms with Crippen molar-refractivity contribution in [3.05, 3.63) is 34.4 Å². The molecule has 2 N–H and O–H groups in total. The molecule has 1 saturated carbocycles. The van der Waals surface area contributed by atoms with E-state index in [-0.39, 0.29) is 5.56 Å². The van der Waals surface area contributed by atoms with Crippen LogP contribution < -0.4 is 5.73 Å². The number of nitrogens with two attached hydrogens (primary N) is 1. The van der Waals surface area contributed by atoms with Crippen molar-refractivity contribution in [1.82, 2.24) is 0 Å². The van der Waals surface area contributed by atoms with Crippen LogP contribution in [-0.2, 0) is 5.54 Å². The Morgan fingerprint density at radius 1 is 1.12 bits per heavy atom. The predicted molar refractivity (Wildman–Crippen MR) is 60.2 cm³/mol. The second-order valence-corrected chi connectivity index (χ2v) is 4.83. The van der Waals surface area contributed by atoms with Gasteiger partial charge in [-0.1, -0.05) is 12.8 Å². The fraction of sp³-hybridized carbons (Fsp3) is 0.538. The Morgan fingerprint density at radius 3 is 2.25 bits per heavy atom. The van der Waals surface area contributed by atoms with Crippen molar-refractivity contribution in [3.8, 4) is 0 Å². The van der Waals surface area contributed by atoms with Crippen LogP contribution in [0.25, 0.3) is 0 Å². The Labute approximate surface area is 94.7 Å². The van der Waals surface area contributed by atoms with Gasteiger partial charge in [0, 0.05) is 11.1 Å². The molecule has 1 aliphatic carbocycles. The van der Waals surface area contributed by atoms with Gasteiger partial charge in [-0.15, -0.1) is 0 Å². The summed E-state index contributed by atoms with van der Waals surface area (Å²) in [5, 5.41) is 0. The van der Waals surface area contributed by atoms with E-state index >= 15 is 0 Å². The second kappa shape index (κ2) is 3.81. The summed E-state index contributed by atoms with van der Waals surface area (Å²) in [4.78, 5) is 0. The average Bonchev–Trinajstić information content (AvgIpc) is 2.68. The minimum atomic E-state index is -0.528. The maximum atomic E-state index is 13.8. The van der Waals surface area contributed by atoms with E-state index in [9.17, 15) is 8.78 Å². The molecular formula is C13H17F2N. The van der Waals surface area contributed by atoms with Crippen molar-refractivity contribution in [2.45, 2.75) is 45.1 Å². The molecule has 2 rings (SSSR count). The number of hydrogen-bond acceptors (Lipinski definition) is 1. The van der Waals surface area contributed by atoms with E-state index in [2.05, 4.69) is 0 Å². The summed E-state index contributed by atoms with van der Waals surface area (Å²) >= 11 is 0. The van der Waals surface area contributed by atoms with E-state index in [1.54, 1.807) is 6.92 Å². The van der Waals surface area contributed by atoms with Crippen LogP contribution in [0.1, 0.15) is 42.4 Å². The fourth-order valence-corrected chi connectivity index (χ4v) is 2.64. The Morgan fingerprint density at radius 2 is 1.69 bits per heavy atom. The Bertz CT molecular complexity index is 420. The Balaban J connectivity index is 2.57. The lowest BCUT2D eigenvalue weighted by molar-refractivity contribution is 0.446. The standard InChI is InChI=1S/C13H17F2N/c1-8-10(13(16)5-3-4-6-13)7-11(14)9(2)12(8)15/h7H,3-6,16H2,1-2H3. The molecule has 1 aliphatic rings. The van der Waals surface area contributed by atoms with Gasteiger partial charge in [0.25, 0.3) is 0 Å². The van der Waals surface area contributed by atoms with Gasteiger partial charge in [-0.05, 0) is 43.9 Å². The van der Waals surface area contributed by atoms with Crippen molar-refractivity contribution in [2.75, 3.05) is 0 Å². The summed E-state index contributed by atoms with van der Waals surface area (Å²) in [7, 11) is 0. The van der Waals surface area contributed by atoms with Gasteiger partial charge in [0.2, 0.25) is 0 Å². The first-order chi connectivity index (χ1) is 7.46. The highest BCUT2D eigenvalue weighted by molar-refractivity contribution is 5.38. The lowest BCUT2D eigenvalue weighted by Crippen LogP contribution is -2.34. The summed E-state index contributed by atoms with van der Waals surface area (Å²) < 4.78 is 27.3. The van der Waals surface area contributed by atoms with Gasteiger partial charge in [-0.3, -0.25) is 0 Å². The van der Waals surface area contributed by atoms with Crippen LogP contribution in [0.2, 0.25) is 0 Å². The molecule has 0 aliphatic heterocycles. The van der Waals surface area contributed by atoms with Crippen molar-refractivity contribution >= 4 is 0 Å². The van der Waals surface area contributed by atoms with Gasteiger partial charge in [0.05, 0.1) is 0 Å². The minimum Gasteiger partial charge on any atom is -0.321 e. The first-order valence-corrected chi connectivity index (χ1v) is 5.70. The molecule has 0 atom stereocenters. The van der Waals surface area contributed by atoms with E-state index in [4.69, 9.17) is 5.73 Å². The largest absolute Gasteiger partial charge is 0.321 e. The lowest BCUT2D eigenvalue weighted by atomic mass is 9.85. The van der Waals surface area contributed by atoms with Crippen LogP contribution in [0, 0.1) is 25.5 Å². The van der Waals surface area contributed by atoms with Crippen molar-refractivity contribution in [1.29, 1.82) is 0 Å². The van der Waals surface area contributed by atoms with Crippen LogP contribution in [0.3, 0.4) is 0 Å². The molecule has 88 valence electrons. The normalized spacial score (nSPS) is 19.1. The monoisotopic (exact) mass is 225 g/mol. The van der Waals surface area contributed by atoms with Gasteiger partial charge >= 0.3 is 0 Å². The molecular weight excluding hydrogens is 208 g/mol. The van der Waals surface area contributed by atoms with Gasteiger partial charge in [-0.2, -0.15) is 0 Å². The fourth-order valence-electron chi connectivity index (χ4n) is 2.64. The molecule has 3 heteroatoms. The Kier molecular flexibility index (Phi) is 2.74. The Hall–Kier alpha value is -0.960. The SMILES string of the molecule is Cc1c(F)cc(C2(N)CCCC2)c(C)c1F. The highest BCUT2D eigenvalue weighted by Crippen LogP contribution is 2.39. The third-order valence-electron chi connectivity index (χ3n) is 3.72. The van der Waals surface area contributed by atoms with Crippen LogP contribution >= 0.6 is 0 Å². The molecule has 0 radical (unpaired) electrons. The highest BCUT2D eigenvalue weighted by atomic mass is 19.1. The number of benzene rings is 1. The van der Waals surface area contributed by atoms with E-state index in [0.29, 0.717) is 11.1 Å². The van der Waals surface area contributed by atoms with E-state index in [1.165, 1.54) is 13.0 Å². The predicted octanol–water partition coefficient (Wildman–Crippen LogP) is 3.31. The van der Waals surface area contributed by atoms with Crippen LogP contribution in [-0.4, -0.2) is 0 Å². The quantitative estimate of drug-likeness (QED) is 0.779. The third kappa shape index (κ3) is 1.63. The molecule has 0 spiro atoms. The maximum Gasteiger partial charge on any atom is 0.132 e. The molecule has 1 aromatic rings. The number of hydrogen-bond donors (Lipinski definition) is 1. The molecule has 0 bridgehead atoms. The maximum absolute atomic E-state index is 13.8. The van der Waals surface area contributed by atoms with Gasteiger partial charge in [-0.25, -0.2) is 8.78 Å². The topological polar surface area (TPSA) is 26.0 Å². The number of rotatable bonds is 1. The number of halogens is 2. The van der Waals surface area contributed by atoms with Crippen molar-refractivity contribution in [2.24, 2.45) is 5.73 Å².